The van der Waals surface area contributed by atoms with Crippen LogP contribution in [-0.2, 0) is 31.4 Å². The summed E-state index contributed by atoms with van der Waals surface area (Å²) in [5, 5.41) is 4.23. The van der Waals surface area contributed by atoms with Crippen LogP contribution in [0.4, 0.5) is 4.79 Å². The molecule has 1 aliphatic rings. The predicted octanol–water partition coefficient (Wildman–Crippen LogP) is -0.483. The molecule has 0 bridgehead atoms. The van der Waals surface area contributed by atoms with Gasteiger partial charge in [-0.3, -0.25) is 14.9 Å². The number of nitrogens with one attached hydrogen (secondary N) is 2. The van der Waals surface area contributed by atoms with Gasteiger partial charge in [-0.25, -0.2) is 18.2 Å². The molecule has 0 unspecified atom stereocenters. The highest BCUT2D eigenvalue weighted by Gasteiger charge is 2.35. The van der Waals surface area contributed by atoms with Crippen LogP contribution in [0, 0.1) is 12.8 Å². The van der Waals surface area contributed by atoms with Crippen LogP contribution in [0.5, 0.6) is 0 Å². The number of amides is 3. The Bertz CT molecular complexity index is 837. The van der Waals surface area contributed by atoms with E-state index in [1.165, 1.54) is 24.5 Å². The SMILES string of the molecule is CNC(=O)NC(=O)[C@H](C)OC(=O)C1CCN(S(=O)(=O)c2cn(C)c(C)n2)CC1. The number of carbonyl (C=O) groups is 3. The Hall–Kier alpha value is -2.47. The Labute approximate surface area is 163 Å². The van der Waals surface area contributed by atoms with Crippen molar-refractivity contribution in [2.24, 2.45) is 13.0 Å². The molecular weight excluding hydrogens is 390 g/mol. The molecule has 28 heavy (non-hydrogen) atoms. The van der Waals surface area contributed by atoms with Crippen molar-refractivity contribution in [2.45, 2.75) is 37.8 Å². The van der Waals surface area contributed by atoms with Crippen molar-refractivity contribution in [1.29, 1.82) is 0 Å². The summed E-state index contributed by atoms with van der Waals surface area (Å²) in [5.74, 6) is -1.27. The average molecular weight is 415 g/mol. The summed E-state index contributed by atoms with van der Waals surface area (Å²) < 4.78 is 33.4. The number of nitrogens with zero attached hydrogens (tertiary/aromatic N) is 3. The standard InChI is InChI=1S/C16H25N5O6S/c1-10(14(22)19-16(24)17-3)27-15(23)12-5-7-21(8-6-12)28(25,26)13-9-20(4)11(2)18-13/h9-10,12H,5-8H2,1-4H3,(H2,17,19,22,24)/t10-/m0/s1. The lowest BCUT2D eigenvalue weighted by molar-refractivity contribution is -0.159. The number of ether oxygens (including phenoxy) is 1. The summed E-state index contributed by atoms with van der Waals surface area (Å²) in [4.78, 5) is 39.2. The first-order chi connectivity index (χ1) is 13.1. The van der Waals surface area contributed by atoms with Gasteiger partial charge in [-0.1, -0.05) is 0 Å². The quantitative estimate of drug-likeness (QED) is 0.619. The molecule has 0 radical (unpaired) electrons. The molecule has 1 fully saturated rings. The lowest BCUT2D eigenvalue weighted by Crippen LogP contribution is -2.45. The summed E-state index contributed by atoms with van der Waals surface area (Å²) in [6, 6.07) is -0.698. The fraction of sp³-hybridized carbons (Fsp3) is 0.625. The Morgan fingerprint density at radius 2 is 1.89 bits per heavy atom. The molecule has 0 aliphatic carbocycles. The monoisotopic (exact) mass is 415 g/mol. The highest BCUT2D eigenvalue weighted by atomic mass is 32.2. The molecule has 2 heterocycles. The van der Waals surface area contributed by atoms with Crippen molar-refractivity contribution < 1.29 is 27.5 Å². The number of aryl methyl sites for hydroxylation is 2. The topological polar surface area (TPSA) is 140 Å². The molecule has 1 aromatic heterocycles. The smallest absolute Gasteiger partial charge is 0.321 e. The highest BCUT2D eigenvalue weighted by Crippen LogP contribution is 2.24. The maximum Gasteiger partial charge on any atom is 0.321 e. The first-order valence-corrected chi connectivity index (χ1v) is 10.2. The lowest BCUT2D eigenvalue weighted by Gasteiger charge is -2.29. The summed E-state index contributed by atoms with van der Waals surface area (Å²) in [7, 11) is -0.657. The number of esters is 1. The third-order valence-electron chi connectivity index (χ3n) is 4.60. The van der Waals surface area contributed by atoms with E-state index in [0.29, 0.717) is 5.82 Å². The number of urea groups is 1. The number of carbonyl (C=O) groups excluding carboxylic acids is 3. The first-order valence-electron chi connectivity index (χ1n) is 8.79. The van der Waals surface area contributed by atoms with E-state index in [4.69, 9.17) is 4.74 Å². The van der Waals surface area contributed by atoms with E-state index in [2.05, 4.69) is 10.3 Å². The van der Waals surface area contributed by atoms with Gasteiger partial charge in [0, 0.05) is 33.4 Å². The molecule has 11 nitrogen and oxygen atoms in total. The van der Waals surface area contributed by atoms with Gasteiger partial charge in [-0.05, 0) is 26.7 Å². The number of aromatic nitrogens is 2. The molecule has 0 aromatic carbocycles. The second-order valence-corrected chi connectivity index (χ2v) is 8.45. The summed E-state index contributed by atoms with van der Waals surface area (Å²) in [5.41, 5.74) is 0. The molecule has 0 saturated carbocycles. The van der Waals surface area contributed by atoms with Crippen LogP contribution in [0.2, 0.25) is 0 Å². The normalized spacial score (nSPS) is 17.0. The molecule has 1 atom stereocenters. The number of hydrogen-bond donors (Lipinski definition) is 2. The molecule has 1 aromatic rings. The van der Waals surface area contributed by atoms with Crippen molar-refractivity contribution in [3.63, 3.8) is 0 Å². The molecule has 3 amide bonds. The molecule has 1 aliphatic heterocycles. The summed E-state index contributed by atoms with van der Waals surface area (Å²) >= 11 is 0. The van der Waals surface area contributed by atoms with E-state index in [-0.39, 0.29) is 31.0 Å². The molecule has 1 saturated heterocycles. The Morgan fingerprint density at radius 1 is 1.29 bits per heavy atom. The van der Waals surface area contributed by atoms with Gasteiger partial charge in [0.2, 0.25) is 0 Å². The van der Waals surface area contributed by atoms with Crippen LogP contribution in [0.15, 0.2) is 11.2 Å². The van der Waals surface area contributed by atoms with Crippen molar-refractivity contribution in [3.8, 4) is 0 Å². The van der Waals surface area contributed by atoms with E-state index in [0.717, 1.165) is 0 Å². The number of imidazole rings is 1. The van der Waals surface area contributed by atoms with Crippen molar-refractivity contribution >= 4 is 27.9 Å². The van der Waals surface area contributed by atoms with Crippen LogP contribution in [-0.4, -0.2) is 66.4 Å². The fourth-order valence-electron chi connectivity index (χ4n) is 2.71. The molecule has 2 rings (SSSR count). The van der Waals surface area contributed by atoms with E-state index in [1.54, 1.807) is 18.5 Å². The molecule has 156 valence electrons. The van der Waals surface area contributed by atoms with Crippen LogP contribution in [0.3, 0.4) is 0 Å². The minimum atomic E-state index is -3.73. The van der Waals surface area contributed by atoms with Crippen molar-refractivity contribution in [1.82, 2.24) is 24.5 Å². The number of sulfonamides is 1. The maximum atomic E-state index is 12.7. The van der Waals surface area contributed by atoms with Gasteiger partial charge in [-0.2, -0.15) is 4.31 Å². The van der Waals surface area contributed by atoms with Crippen LogP contribution in [0.1, 0.15) is 25.6 Å². The predicted molar refractivity (Wildman–Crippen MR) is 97.6 cm³/mol. The molecule has 12 heteroatoms. The van der Waals surface area contributed by atoms with E-state index >= 15 is 0 Å². The third-order valence-corrected chi connectivity index (χ3v) is 6.37. The highest BCUT2D eigenvalue weighted by molar-refractivity contribution is 7.89. The Morgan fingerprint density at radius 3 is 2.39 bits per heavy atom. The average Bonchev–Trinajstić information content (AvgIpc) is 3.01. The van der Waals surface area contributed by atoms with Crippen LogP contribution in [0.25, 0.3) is 0 Å². The third kappa shape index (κ3) is 4.87. The largest absolute Gasteiger partial charge is 0.452 e. The van der Waals surface area contributed by atoms with Gasteiger partial charge in [0.05, 0.1) is 5.92 Å². The van der Waals surface area contributed by atoms with E-state index in [1.807, 2.05) is 5.32 Å². The van der Waals surface area contributed by atoms with Crippen LogP contribution < -0.4 is 10.6 Å². The summed E-state index contributed by atoms with van der Waals surface area (Å²) in [6.45, 7) is 3.37. The molecule has 2 N–H and O–H groups in total. The number of piperidine rings is 1. The molecular formula is C16H25N5O6S. The first kappa shape index (κ1) is 21.8. The van der Waals surface area contributed by atoms with E-state index in [9.17, 15) is 22.8 Å². The van der Waals surface area contributed by atoms with Gasteiger partial charge >= 0.3 is 12.0 Å². The zero-order chi connectivity index (χ0) is 21.1. The van der Waals surface area contributed by atoms with E-state index < -0.39 is 40.0 Å². The van der Waals surface area contributed by atoms with Gasteiger partial charge in [0.1, 0.15) is 5.82 Å². The lowest BCUT2D eigenvalue weighted by atomic mass is 9.98. The number of hydrogen-bond acceptors (Lipinski definition) is 7. The second kappa shape index (κ2) is 8.69. The van der Waals surface area contributed by atoms with Gasteiger partial charge in [-0.15, -0.1) is 0 Å². The van der Waals surface area contributed by atoms with Gasteiger partial charge < -0.3 is 14.6 Å². The van der Waals surface area contributed by atoms with Crippen molar-refractivity contribution in [2.75, 3.05) is 20.1 Å². The molecule has 0 spiro atoms. The Balaban J connectivity index is 1.91. The zero-order valence-corrected chi connectivity index (χ0v) is 17.1. The number of imide groups is 1. The minimum absolute atomic E-state index is 0.0204. The minimum Gasteiger partial charge on any atom is -0.452 e. The zero-order valence-electron chi connectivity index (χ0n) is 16.3. The maximum absolute atomic E-state index is 12.7. The van der Waals surface area contributed by atoms with Crippen LogP contribution >= 0.6 is 0 Å². The van der Waals surface area contributed by atoms with Gasteiger partial charge in [0.25, 0.3) is 15.9 Å². The number of rotatable bonds is 5. The second-order valence-electron chi connectivity index (χ2n) is 6.56. The summed E-state index contributed by atoms with van der Waals surface area (Å²) in [6.07, 6.45) is 0.863. The van der Waals surface area contributed by atoms with Crippen molar-refractivity contribution in [3.05, 3.63) is 12.0 Å². The fourth-order valence-corrected chi connectivity index (χ4v) is 4.21. The van der Waals surface area contributed by atoms with Gasteiger partial charge in [0.15, 0.2) is 11.1 Å². The Kier molecular flexibility index (Phi) is 6.77.